The highest BCUT2D eigenvalue weighted by Gasteiger charge is 2.29. The fraction of sp³-hybridized carbons (Fsp3) is 0.318. The van der Waals surface area contributed by atoms with Crippen molar-refractivity contribution in [3.05, 3.63) is 59.9 Å². The van der Waals surface area contributed by atoms with Crippen LogP contribution in [0.25, 0.3) is 0 Å². The highest BCUT2D eigenvalue weighted by molar-refractivity contribution is 6.01. The molecule has 3 rings (SSSR count). The summed E-state index contributed by atoms with van der Waals surface area (Å²) in [7, 11) is 0. The quantitative estimate of drug-likeness (QED) is 0.668. The minimum atomic E-state index is -0.780. The molecule has 0 saturated heterocycles. The second-order valence-electron chi connectivity index (χ2n) is 7.54. The summed E-state index contributed by atoms with van der Waals surface area (Å²) in [6.45, 7) is 3.64. The van der Waals surface area contributed by atoms with Crippen LogP contribution in [0.2, 0.25) is 0 Å². The summed E-state index contributed by atoms with van der Waals surface area (Å²) in [5, 5.41) is 8.32. The van der Waals surface area contributed by atoms with Crippen LogP contribution in [0.1, 0.15) is 37.0 Å². The molecule has 1 fully saturated rings. The van der Waals surface area contributed by atoms with Crippen LogP contribution < -0.4 is 16.0 Å². The van der Waals surface area contributed by atoms with Gasteiger partial charge in [-0.3, -0.25) is 14.4 Å². The lowest BCUT2D eigenvalue weighted by Gasteiger charge is -2.22. The molecule has 0 bridgehead atoms. The van der Waals surface area contributed by atoms with Gasteiger partial charge in [-0.2, -0.15) is 0 Å². The summed E-state index contributed by atoms with van der Waals surface area (Å²) >= 11 is 0. The van der Waals surface area contributed by atoms with Crippen LogP contribution in [0.3, 0.4) is 0 Å². The predicted octanol–water partition coefficient (Wildman–Crippen LogP) is 3.57. The van der Waals surface area contributed by atoms with Crippen molar-refractivity contribution < 1.29 is 18.8 Å². The first-order chi connectivity index (χ1) is 13.8. The average molecular weight is 397 g/mol. The fourth-order valence-corrected chi connectivity index (χ4v) is 2.85. The number of halogens is 1. The molecule has 1 aliphatic carbocycles. The fourth-order valence-electron chi connectivity index (χ4n) is 2.85. The lowest BCUT2D eigenvalue weighted by atomic mass is 10.0. The number of carbonyl (C=O) groups is 3. The van der Waals surface area contributed by atoms with Crippen molar-refractivity contribution in [2.45, 2.75) is 32.7 Å². The summed E-state index contributed by atoms with van der Waals surface area (Å²) in [5.74, 6) is -1.36. The summed E-state index contributed by atoms with van der Waals surface area (Å²) in [4.78, 5) is 37.1. The number of anilines is 2. The smallest absolute Gasteiger partial charge is 0.251 e. The number of rotatable bonds is 7. The van der Waals surface area contributed by atoms with Crippen molar-refractivity contribution in [2.24, 2.45) is 11.8 Å². The highest BCUT2D eigenvalue weighted by Crippen LogP contribution is 2.30. The van der Waals surface area contributed by atoms with Gasteiger partial charge in [0.1, 0.15) is 11.9 Å². The lowest BCUT2D eigenvalue weighted by molar-refractivity contribution is -0.119. The molecule has 1 aliphatic rings. The summed E-state index contributed by atoms with van der Waals surface area (Å²) in [6.07, 6.45) is 1.82. The van der Waals surface area contributed by atoms with E-state index < -0.39 is 17.8 Å². The van der Waals surface area contributed by atoms with Crippen LogP contribution in [-0.4, -0.2) is 23.8 Å². The Morgan fingerprint density at radius 3 is 2.17 bits per heavy atom. The molecule has 0 spiro atoms. The van der Waals surface area contributed by atoms with E-state index in [1.165, 1.54) is 24.3 Å². The van der Waals surface area contributed by atoms with Crippen LogP contribution in [-0.2, 0) is 9.59 Å². The van der Waals surface area contributed by atoms with E-state index in [0.717, 1.165) is 12.8 Å². The molecule has 0 aromatic heterocycles. The highest BCUT2D eigenvalue weighted by atomic mass is 19.1. The van der Waals surface area contributed by atoms with Gasteiger partial charge < -0.3 is 16.0 Å². The SMILES string of the molecule is CC(C)C(NC(=O)c1ccc(F)cc1)C(=O)Nc1cccc(NC(=O)C2CC2)c1. The zero-order valence-corrected chi connectivity index (χ0v) is 16.4. The molecule has 152 valence electrons. The topological polar surface area (TPSA) is 87.3 Å². The van der Waals surface area contributed by atoms with Gasteiger partial charge in [0, 0.05) is 22.9 Å². The molecule has 2 aromatic rings. The molecule has 0 aliphatic heterocycles. The van der Waals surface area contributed by atoms with E-state index >= 15 is 0 Å². The van der Waals surface area contributed by atoms with E-state index in [9.17, 15) is 18.8 Å². The van der Waals surface area contributed by atoms with Gasteiger partial charge >= 0.3 is 0 Å². The van der Waals surface area contributed by atoms with E-state index in [0.29, 0.717) is 11.4 Å². The first-order valence-corrected chi connectivity index (χ1v) is 9.61. The minimum absolute atomic E-state index is 0.0138. The molecular formula is C22H24FN3O3. The zero-order chi connectivity index (χ0) is 21.0. The maximum atomic E-state index is 13.0. The van der Waals surface area contributed by atoms with Gasteiger partial charge in [-0.15, -0.1) is 0 Å². The number of hydrogen-bond donors (Lipinski definition) is 3. The largest absolute Gasteiger partial charge is 0.340 e. The number of hydrogen-bond acceptors (Lipinski definition) is 3. The van der Waals surface area contributed by atoms with Gasteiger partial charge in [0.15, 0.2) is 0 Å². The van der Waals surface area contributed by atoms with Crippen molar-refractivity contribution in [3.8, 4) is 0 Å². The van der Waals surface area contributed by atoms with Crippen molar-refractivity contribution in [2.75, 3.05) is 10.6 Å². The maximum absolute atomic E-state index is 13.0. The molecule has 7 heteroatoms. The van der Waals surface area contributed by atoms with Gasteiger partial charge in [0.25, 0.3) is 5.91 Å². The van der Waals surface area contributed by atoms with E-state index in [1.54, 1.807) is 24.3 Å². The second-order valence-corrected chi connectivity index (χ2v) is 7.54. The average Bonchev–Trinajstić information content (AvgIpc) is 3.51. The van der Waals surface area contributed by atoms with Gasteiger partial charge in [-0.1, -0.05) is 19.9 Å². The van der Waals surface area contributed by atoms with E-state index in [2.05, 4.69) is 16.0 Å². The second kappa shape index (κ2) is 8.86. The third-order valence-corrected chi connectivity index (χ3v) is 4.69. The van der Waals surface area contributed by atoms with Crippen molar-refractivity contribution in [1.29, 1.82) is 0 Å². The Balaban J connectivity index is 1.65. The number of carbonyl (C=O) groups excluding carboxylic acids is 3. The molecule has 29 heavy (non-hydrogen) atoms. The summed E-state index contributed by atoms with van der Waals surface area (Å²) in [6, 6.07) is 11.2. The number of benzene rings is 2. The van der Waals surface area contributed by atoms with Gasteiger partial charge in [-0.25, -0.2) is 4.39 Å². The van der Waals surface area contributed by atoms with Crippen molar-refractivity contribution in [1.82, 2.24) is 5.32 Å². The van der Waals surface area contributed by atoms with Crippen LogP contribution in [0.5, 0.6) is 0 Å². The molecule has 2 aromatic carbocycles. The molecule has 1 unspecified atom stereocenters. The first kappa shape index (κ1) is 20.5. The molecule has 1 saturated carbocycles. The monoisotopic (exact) mass is 397 g/mol. The first-order valence-electron chi connectivity index (χ1n) is 9.61. The van der Waals surface area contributed by atoms with Gasteiger partial charge in [0.2, 0.25) is 11.8 Å². The summed E-state index contributed by atoms with van der Waals surface area (Å²) in [5.41, 5.74) is 1.40. The van der Waals surface area contributed by atoms with Crippen LogP contribution in [0.15, 0.2) is 48.5 Å². The lowest BCUT2D eigenvalue weighted by Crippen LogP contribution is -2.47. The Labute approximate surface area is 168 Å². The summed E-state index contributed by atoms with van der Waals surface area (Å²) < 4.78 is 13.0. The third kappa shape index (κ3) is 5.63. The van der Waals surface area contributed by atoms with E-state index in [4.69, 9.17) is 0 Å². The number of nitrogens with one attached hydrogen (secondary N) is 3. The normalized spacial score (nSPS) is 14.2. The molecule has 0 radical (unpaired) electrons. The third-order valence-electron chi connectivity index (χ3n) is 4.69. The minimum Gasteiger partial charge on any atom is -0.340 e. The molecule has 3 N–H and O–H groups in total. The van der Waals surface area contributed by atoms with Crippen molar-refractivity contribution in [3.63, 3.8) is 0 Å². The van der Waals surface area contributed by atoms with E-state index in [1.807, 2.05) is 13.8 Å². The van der Waals surface area contributed by atoms with Crippen LogP contribution >= 0.6 is 0 Å². The predicted molar refractivity (Wildman–Crippen MR) is 109 cm³/mol. The Bertz CT molecular complexity index is 908. The molecule has 3 amide bonds. The van der Waals surface area contributed by atoms with Crippen LogP contribution in [0, 0.1) is 17.7 Å². The Hall–Kier alpha value is -3.22. The Morgan fingerprint density at radius 2 is 1.59 bits per heavy atom. The van der Waals surface area contributed by atoms with E-state index in [-0.39, 0.29) is 29.2 Å². The standard InChI is InChI=1S/C22H24FN3O3/c1-13(2)19(26-21(28)15-8-10-16(23)11-9-15)22(29)25-18-5-3-4-17(12-18)24-20(27)14-6-7-14/h3-5,8-14,19H,6-7H2,1-2H3,(H,24,27)(H,25,29)(H,26,28). The molecule has 1 atom stereocenters. The van der Waals surface area contributed by atoms with Gasteiger partial charge in [0.05, 0.1) is 0 Å². The number of amides is 3. The Kier molecular flexibility index (Phi) is 6.26. The zero-order valence-electron chi connectivity index (χ0n) is 16.4. The Morgan fingerprint density at radius 1 is 0.966 bits per heavy atom. The molecular weight excluding hydrogens is 373 g/mol. The maximum Gasteiger partial charge on any atom is 0.251 e. The molecule has 0 heterocycles. The van der Waals surface area contributed by atoms with Gasteiger partial charge in [-0.05, 0) is 61.2 Å². The molecule has 6 nitrogen and oxygen atoms in total. The van der Waals surface area contributed by atoms with Crippen molar-refractivity contribution >= 4 is 29.1 Å². The van der Waals surface area contributed by atoms with Crippen LogP contribution in [0.4, 0.5) is 15.8 Å².